The van der Waals surface area contributed by atoms with Gasteiger partial charge in [-0.05, 0) is 24.7 Å². The summed E-state index contributed by atoms with van der Waals surface area (Å²) in [5, 5.41) is 0. The molecule has 1 atom stereocenters. The number of nitrogens with one attached hydrogen (secondary N) is 1. The summed E-state index contributed by atoms with van der Waals surface area (Å²) < 4.78 is 25.6. The maximum Gasteiger partial charge on any atom is 0.211 e. The zero-order valence-corrected chi connectivity index (χ0v) is 10.8. The summed E-state index contributed by atoms with van der Waals surface area (Å²) in [5.74, 6) is 1.42. The molecule has 1 fully saturated rings. The maximum atomic E-state index is 11.5. The van der Waals surface area contributed by atoms with E-state index in [9.17, 15) is 8.42 Å². The van der Waals surface area contributed by atoms with Gasteiger partial charge in [0.1, 0.15) is 0 Å². The van der Waals surface area contributed by atoms with Gasteiger partial charge in [-0.3, -0.25) is 0 Å². The second-order valence-corrected chi connectivity index (χ2v) is 6.68. The highest BCUT2D eigenvalue weighted by Gasteiger charge is 2.20. The number of hydrogen-bond donors (Lipinski definition) is 1. The summed E-state index contributed by atoms with van der Waals surface area (Å²) in [6.45, 7) is 2.42. The molecule has 0 heterocycles. The van der Waals surface area contributed by atoms with Crippen LogP contribution in [0.1, 0.15) is 32.6 Å². The highest BCUT2D eigenvalue weighted by molar-refractivity contribution is 7.89. The molecule has 1 aliphatic rings. The Morgan fingerprint density at radius 1 is 1.47 bits per heavy atom. The molecule has 0 aliphatic heterocycles. The van der Waals surface area contributed by atoms with Gasteiger partial charge in [0.2, 0.25) is 10.0 Å². The van der Waals surface area contributed by atoms with Crippen LogP contribution in [0.4, 0.5) is 0 Å². The molecule has 0 bridgehead atoms. The van der Waals surface area contributed by atoms with E-state index < -0.39 is 10.0 Å². The molecule has 0 amide bonds. The zero-order chi connectivity index (χ0) is 11.3. The molecule has 0 radical (unpaired) electrons. The Bertz CT molecular complexity index is 275. The number of halogens is 1. The molecule has 0 aromatic carbocycles. The van der Waals surface area contributed by atoms with Crippen molar-refractivity contribution in [1.82, 2.24) is 4.72 Å². The Labute approximate surface area is 97.6 Å². The first-order valence-corrected chi connectivity index (χ1v) is 7.75. The zero-order valence-electron chi connectivity index (χ0n) is 9.21. The SMILES string of the molecule is CC(CCl)CS(=O)(=O)NCCCC1CC1. The number of rotatable bonds is 8. The second-order valence-electron chi connectivity index (χ2n) is 4.52. The topological polar surface area (TPSA) is 46.2 Å². The van der Waals surface area contributed by atoms with Crippen LogP contribution in [0.3, 0.4) is 0 Å². The van der Waals surface area contributed by atoms with E-state index in [0.717, 1.165) is 18.8 Å². The molecule has 15 heavy (non-hydrogen) atoms. The molecule has 3 nitrogen and oxygen atoms in total. The summed E-state index contributed by atoms with van der Waals surface area (Å²) in [4.78, 5) is 0. The lowest BCUT2D eigenvalue weighted by atomic mass is 10.2. The van der Waals surface area contributed by atoms with Crippen molar-refractivity contribution in [2.45, 2.75) is 32.6 Å². The average Bonchev–Trinajstić information content (AvgIpc) is 2.95. The molecule has 0 aromatic rings. The van der Waals surface area contributed by atoms with Crippen LogP contribution >= 0.6 is 11.6 Å². The lowest BCUT2D eigenvalue weighted by Crippen LogP contribution is -2.30. The quantitative estimate of drug-likeness (QED) is 0.531. The largest absolute Gasteiger partial charge is 0.215 e. The van der Waals surface area contributed by atoms with Crippen molar-refractivity contribution in [2.75, 3.05) is 18.2 Å². The van der Waals surface area contributed by atoms with Crippen molar-refractivity contribution in [3.63, 3.8) is 0 Å². The summed E-state index contributed by atoms with van der Waals surface area (Å²) in [6, 6.07) is 0. The molecule has 1 unspecified atom stereocenters. The first-order chi connectivity index (χ1) is 7.03. The van der Waals surface area contributed by atoms with Gasteiger partial charge in [-0.25, -0.2) is 13.1 Å². The summed E-state index contributed by atoms with van der Waals surface area (Å²) in [5.41, 5.74) is 0. The van der Waals surface area contributed by atoms with Gasteiger partial charge in [0.15, 0.2) is 0 Å². The fourth-order valence-corrected chi connectivity index (χ4v) is 3.18. The standard InChI is InChI=1S/C10H20ClNO2S/c1-9(7-11)8-15(13,14)12-6-2-3-10-4-5-10/h9-10,12H,2-8H2,1H3. The van der Waals surface area contributed by atoms with Gasteiger partial charge in [-0.2, -0.15) is 0 Å². The van der Waals surface area contributed by atoms with Crippen LogP contribution < -0.4 is 4.72 Å². The van der Waals surface area contributed by atoms with Crippen LogP contribution in [0, 0.1) is 11.8 Å². The monoisotopic (exact) mass is 253 g/mol. The molecule has 5 heteroatoms. The van der Waals surface area contributed by atoms with Gasteiger partial charge < -0.3 is 0 Å². The third-order valence-electron chi connectivity index (χ3n) is 2.58. The highest BCUT2D eigenvalue weighted by Crippen LogP contribution is 2.33. The third kappa shape index (κ3) is 6.38. The minimum absolute atomic E-state index is 0.0209. The molecule has 1 saturated carbocycles. The molecule has 0 aromatic heterocycles. The molecule has 1 N–H and O–H groups in total. The first-order valence-electron chi connectivity index (χ1n) is 5.57. The normalized spacial score (nSPS) is 19.1. The van der Waals surface area contributed by atoms with Gasteiger partial charge >= 0.3 is 0 Å². The van der Waals surface area contributed by atoms with Crippen molar-refractivity contribution < 1.29 is 8.42 Å². The number of sulfonamides is 1. The van der Waals surface area contributed by atoms with E-state index in [4.69, 9.17) is 11.6 Å². The minimum atomic E-state index is -3.10. The lowest BCUT2D eigenvalue weighted by Gasteiger charge is -2.09. The lowest BCUT2D eigenvalue weighted by molar-refractivity contribution is 0.561. The molecule has 1 rings (SSSR count). The predicted molar refractivity (Wildman–Crippen MR) is 63.6 cm³/mol. The Morgan fingerprint density at radius 2 is 2.13 bits per heavy atom. The summed E-state index contributed by atoms with van der Waals surface area (Å²) in [6.07, 6.45) is 4.78. The second kappa shape index (κ2) is 6.06. The molecule has 0 saturated heterocycles. The number of alkyl halides is 1. The van der Waals surface area contributed by atoms with Gasteiger partial charge in [-0.1, -0.05) is 19.8 Å². The highest BCUT2D eigenvalue weighted by atomic mass is 35.5. The van der Waals surface area contributed by atoms with Crippen LogP contribution in [0.5, 0.6) is 0 Å². The fourth-order valence-electron chi connectivity index (χ4n) is 1.50. The first kappa shape index (κ1) is 13.3. The van der Waals surface area contributed by atoms with Crippen molar-refractivity contribution in [2.24, 2.45) is 11.8 Å². The fraction of sp³-hybridized carbons (Fsp3) is 1.00. The van der Waals surface area contributed by atoms with E-state index in [1.165, 1.54) is 12.8 Å². The average molecular weight is 254 g/mol. The smallest absolute Gasteiger partial charge is 0.211 e. The minimum Gasteiger partial charge on any atom is -0.215 e. The van der Waals surface area contributed by atoms with E-state index in [1.807, 2.05) is 6.92 Å². The Hall–Kier alpha value is 0.200. The number of hydrogen-bond acceptors (Lipinski definition) is 2. The van der Waals surface area contributed by atoms with E-state index in [2.05, 4.69) is 4.72 Å². The van der Waals surface area contributed by atoms with E-state index >= 15 is 0 Å². The van der Waals surface area contributed by atoms with Crippen LogP contribution in [0.25, 0.3) is 0 Å². The third-order valence-corrected chi connectivity index (χ3v) is 4.75. The molecular weight excluding hydrogens is 234 g/mol. The van der Waals surface area contributed by atoms with Gasteiger partial charge in [0, 0.05) is 12.4 Å². The van der Waals surface area contributed by atoms with Gasteiger partial charge in [0.25, 0.3) is 0 Å². The van der Waals surface area contributed by atoms with Crippen molar-refractivity contribution in [3.8, 4) is 0 Å². The van der Waals surface area contributed by atoms with E-state index in [0.29, 0.717) is 12.4 Å². The molecule has 0 spiro atoms. The van der Waals surface area contributed by atoms with Gasteiger partial charge in [0.05, 0.1) is 5.75 Å². The van der Waals surface area contributed by atoms with Crippen molar-refractivity contribution in [3.05, 3.63) is 0 Å². The molecule has 90 valence electrons. The maximum absolute atomic E-state index is 11.5. The van der Waals surface area contributed by atoms with Crippen molar-refractivity contribution in [1.29, 1.82) is 0 Å². The summed E-state index contributed by atoms with van der Waals surface area (Å²) >= 11 is 5.58. The van der Waals surface area contributed by atoms with Crippen LogP contribution in [-0.2, 0) is 10.0 Å². The van der Waals surface area contributed by atoms with Gasteiger partial charge in [-0.15, -0.1) is 11.6 Å². The Balaban J connectivity index is 2.11. The van der Waals surface area contributed by atoms with Crippen LogP contribution in [-0.4, -0.2) is 26.6 Å². The van der Waals surface area contributed by atoms with Crippen molar-refractivity contribution >= 4 is 21.6 Å². The van der Waals surface area contributed by atoms with E-state index in [-0.39, 0.29) is 11.7 Å². The predicted octanol–water partition coefficient (Wildman–Crippen LogP) is 1.97. The molecule has 1 aliphatic carbocycles. The van der Waals surface area contributed by atoms with Crippen LogP contribution in [0.2, 0.25) is 0 Å². The van der Waals surface area contributed by atoms with Crippen LogP contribution in [0.15, 0.2) is 0 Å². The van der Waals surface area contributed by atoms with E-state index in [1.54, 1.807) is 0 Å². The summed E-state index contributed by atoms with van der Waals surface area (Å²) in [7, 11) is -3.10. The Kier molecular flexibility index (Phi) is 5.36. The molecular formula is C10H20ClNO2S. The Morgan fingerprint density at radius 3 is 2.67 bits per heavy atom.